The highest BCUT2D eigenvalue weighted by atomic mass is 19.1. The van der Waals surface area contributed by atoms with Crippen LogP contribution >= 0.6 is 0 Å². The Morgan fingerprint density at radius 3 is 2.64 bits per heavy atom. The Bertz CT molecular complexity index is 334. The van der Waals surface area contributed by atoms with Gasteiger partial charge in [-0.05, 0) is 26.1 Å². The molecule has 1 aromatic carbocycles. The molecule has 0 aliphatic heterocycles. The predicted molar refractivity (Wildman–Crippen MR) is 53.9 cm³/mol. The van der Waals surface area contributed by atoms with Crippen molar-refractivity contribution < 1.29 is 8.78 Å². The molecule has 1 rings (SSSR count). The van der Waals surface area contributed by atoms with Crippen molar-refractivity contribution in [3.63, 3.8) is 0 Å². The maximum atomic E-state index is 13.1. The quantitative estimate of drug-likeness (QED) is 0.785. The van der Waals surface area contributed by atoms with Gasteiger partial charge in [-0.15, -0.1) is 0 Å². The number of benzene rings is 1. The normalized spacial score (nSPS) is 13.4. The summed E-state index contributed by atoms with van der Waals surface area (Å²) in [6, 6.07) is 3.71. The van der Waals surface area contributed by atoms with E-state index in [1.807, 2.05) is 20.0 Å². The SMILES string of the molecule is CN[C@H](C)/C=C/c1ccc(F)cc1F. The molecular weight excluding hydrogens is 184 g/mol. The van der Waals surface area contributed by atoms with Crippen molar-refractivity contribution in [2.75, 3.05) is 7.05 Å². The van der Waals surface area contributed by atoms with Crippen LogP contribution in [0.15, 0.2) is 24.3 Å². The van der Waals surface area contributed by atoms with E-state index in [-0.39, 0.29) is 6.04 Å². The van der Waals surface area contributed by atoms with Crippen molar-refractivity contribution in [1.82, 2.24) is 5.32 Å². The number of hydrogen-bond acceptors (Lipinski definition) is 1. The van der Waals surface area contributed by atoms with Crippen molar-refractivity contribution in [2.24, 2.45) is 0 Å². The van der Waals surface area contributed by atoms with Crippen LogP contribution < -0.4 is 5.32 Å². The maximum Gasteiger partial charge on any atom is 0.133 e. The minimum atomic E-state index is -0.554. The highest BCUT2D eigenvalue weighted by Crippen LogP contribution is 2.11. The smallest absolute Gasteiger partial charge is 0.133 e. The van der Waals surface area contributed by atoms with Gasteiger partial charge in [-0.2, -0.15) is 0 Å². The number of likely N-dealkylation sites (N-methyl/N-ethyl adjacent to an activating group) is 1. The predicted octanol–water partition coefficient (Wildman–Crippen LogP) is 2.59. The second-order valence-corrected chi connectivity index (χ2v) is 3.10. The Morgan fingerprint density at radius 2 is 2.07 bits per heavy atom. The Hall–Kier alpha value is -1.22. The van der Waals surface area contributed by atoms with E-state index < -0.39 is 11.6 Å². The van der Waals surface area contributed by atoms with Crippen LogP contribution in [0.25, 0.3) is 6.08 Å². The van der Waals surface area contributed by atoms with Crippen LogP contribution in [0.4, 0.5) is 8.78 Å². The van der Waals surface area contributed by atoms with E-state index in [9.17, 15) is 8.78 Å². The maximum absolute atomic E-state index is 13.1. The third kappa shape index (κ3) is 2.92. The van der Waals surface area contributed by atoms with E-state index >= 15 is 0 Å². The molecule has 0 unspecified atom stereocenters. The van der Waals surface area contributed by atoms with Crippen molar-refractivity contribution >= 4 is 6.08 Å². The van der Waals surface area contributed by atoms with E-state index in [2.05, 4.69) is 5.32 Å². The van der Waals surface area contributed by atoms with E-state index in [0.29, 0.717) is 5.56 Å². The zero-order chi connectivity index (χ0) is 10.6. The molecule has 0 bridgehead atoms. The summed E-state index contributed by atoms with van der Waals surface area (Å²) < 4.78 is 25.6. The third-order valence-corrected chi connectivity index (χ3v) is 1.98. The number of hydrogen-bond donors (Lipinski definition) is 1. The van der Waals surface area contributed by atoms with Gasteiger partial charge in [-0.25, -0.2) is 8.78 Å². The summed E-state index contributed by atoms with van der Waals surface area (Å²) >= 11 is 0. The largest absolute Gasteiger partial charge is 0.314 e. The van der Waals surface area contributed by atoms with Crippen LogP contribution in [0.1, 0.15) is 12.5 Å². The molecule has 1 N–H and O–H groups in total. The zero-order valence-corrected chi connectivity index (χ0v) is 8.22. The molecule has 0 amide bonds. The van der Waals surface area contributed by atoms with Crippen LogP contribution in [0.2, 0.25) is 0 Å². The lowest BCUT2D eigenvalue weighted by Crippen LogP contribution is -2.17. The lowest BCUT2D eigenvalue weighted by Gasteiger charge is -2.02. The third-order valence-electron chi connectivity index (χ3n) is 1.98. The highest BCUT2D eigenvalue weighted by molar-refractivity contribution is 5.50. The summed E-state index contributed by atoms with van der Waals surface area (Å²) in [6.07, 6.45) is 3.45. The first-order chi connectivity index (χ1) is 6.63. The van der Waals surface area contributed by atoms with Crippen LogP contribution in [0, 0.1) is 11.6 Å². The van der Waals surface area contributed by atoms with Gasteiger partial charge in [-0.1, -0.05) is 12.2 Å². The van der Waals surface area contributed by atoms with Gasteiger partial charge in [0.2, 0.25) is 0 Å². The molecule has 0 saturated heterocycles. The molecule has 0 aliphatic rings. The topological polar surface area (TPSA) is 12.0 Å². The highest BCUT2D eigenvalue weighted by Gasteiger charge is 2.00. The van der Waals surface area contributed by atoms with Gasteiger partial charge >= 0.3 is 0 Å². The Balaban J connectivity index is 2.82. The van der Waals surface area contributed by atoms with E-state index in [1.165, 1.54) is 12.1 Å². The molecule has 3 heteroatoms. The molecule has 0 aliphatic carbocycles. The molecule has 0 fully saturated rings. The van der Waals surface area contributed by atoms with Gasteiger partial charge in [-0.3, -0.25) is 0 Å². The molecule has 14 heavy (non-hydrogen) atoms. The minimum Gasteiger partial charge on any atom is -0.314 e. The average molecular weight is 197 g/mol. The second-order valence-electron chi connectivity index (χ2n) is 3.10. The lowest BCUT2D eigenvalue weighted by atomic mass is 10.1. The minimum absolute atomic E-state index is 0.166. The van der Waals surface area contributed by atoms with E-state index in [0.717, 1.165) is 6.07 Å². The van der Waals surface area contributed by atoms with E-state index in [4.69, 9.17) is 0 Å². The van der Waals surface area contributed by atoms with Crippen LogP contribution in [0.5, 0.6) is 0 Å². The molecule has 0 spiro atoms. The zero-order valence-electron chi connectivity index (χ0n) is 8.22. The summed E-state index contributed by atoms with van der Waals surface area (Å²) in [4.78, 5) is 0. The second kappa shape index (κ2) is 4.86. The Labute approximate surface area is 82.4 Å². The van der Waals surface area contributed by atoms with Crippen molar-refractivity contribution in [3.8, 4) is 0 Å². The van der Waals surface area contributed by atoms with Crippen molar-refractivity contribution in [3.05, 3.63) is 41.5 Å². The molecule has 0 aromatic heterocycles. The molecule has 0 radical (unpaired) electrons. The summed E-state index contributed by atoms with van der Waals surface area (Å²) in [6.45, 7) is 1.94. The molecule has 1 atom stereocenters. The first-order valence-electron chi connectivity index (χ1n) is 4.44. The lowest BCUT2D eigenvalue weighted by molar-refractivity contribution is 0.581. The Morgan fingerprint density at radius 1 is 1.36 bits per heavy atom. The summed E-state index contributed by atoms with van der Waals surface area (Å²) in [5.41, 5.74) is 0.397. The fourth-order valence-corrected chi connectivity index (χ4v) is 0.981. The fourth-order valence-electron chi connectivity index (χ4n) is 0.981. The molecule has 1 aromatic rings. The molecule has 0 saturated carbocycles. The number of nitrogens with one attached hydrogen (secondary N) is 1. The summed E-state index contributed by atoms with van der Waals surface area (Å²) in [5.74, 6) is -1.09. The molecular formula is C11H13F2N. The van der Waals surface area contributed by atoms with Gasteiger partial charge in [0.1, 0.15) is 11.6 Å². The van der Waals surface area contributed by atoms with Crippen LogP contribution in [0.3, 0.4) is 0 Å². The van der Waals surface area contributed by atoms with E-state index in [1.54, 1.807) is 6.08 Å². The monoisotopic (exact) mass is 197 g/mol. The van der Waals surface area contributed by atoms with Gasteiger partial charge in [0.05, 0.1) is 0 Å². The van der Waals surface area contributed by atoms with Crippen LogP contribution in [-0.2, 0) is 0 Å². The molecule has 76 valence electrons. The molecule has 0 heterocycles. The molecule has 1 nitrogen and oxygen atoms in total. The first kappa shape index (κ1) is 10.9. The fraction of sp³-hybridized carbons (Fsp3) is 0.273. The van der Waals surface area contributed by atoms with Gasteiger partial charge in [0, 0.05) is 17.7 Å². The first-order valence-corrected chi connectivity index (χ1v) is 4.44. The van der Waals surface area contributed by atoms with Gasteiger partial charge in [0.25, 0.3) is 0 Å². The number of rotatable bonds is 3. The van der Waals surface area contributed by atoms with Crippen molar-refractivity contribution in [1.29, 1.82) is 0 Å². The number of halogens is 2. The Kier molecular flexibility index (Phi) is 3.77. The van der Waals surface area contributed by atoms with Crippen LogP contribution in [-0.4, -0.2) is 13.1 Å². The van der Waals surface area contributed by atoms with Crippen molar-refractivity contribution in [2.45, 2.75) is 13.0 Å². The standard InChI is InChI=1S/C11H13F2N/c1-8(14-2)3-4-9-5-6-10(12)7-11(9)13/h3-8,14H,1-2H3/b4-3+/t8-/m1/s1. The average Bonchev–Trinajstić information content (AvgIpc) is 2.16. The summed E-state index contributed by atoms with van der Waals surface area (Å²) in [5, 5.41) is 2.98. The van der Waals surface area contributed by atoms with Gasteiger partial charge < -0.3 is 5.32 Å². The summed E-state index contributed by atoms with van der Waals surface area (Å²) in [7, 11) is 1.82. The van der Waals surface area contributed by atoms with Gasteiger partial charge in [0.15, 0.2) is 0 Å².